The molecule has 0 atom stereocenters. The molecule has 0 saturated heterocycles. The third-order valence-corrected chi connectivity index (χ3v) is 2.96. The molecule has 0 saturated carbocycles. The van der Waals surface area contributed by atoms with Crippen LogP contribution in [0.4, 0.5) is 4.39 Å². The van der Waals surface area contributed by atoms with Crippen LogP contribution in [0.1, 0.15) is 15.9 Å². The third-order valence-electron chi connectivity index (χ3n) is 2.47. The van der Waals surface area contributed by atoms with Gasteiger partial charge in [-0.25, -0.2) is 4.39 Å². The summed E-state index contributed by atoms with van der Waals surface area (Å²) in [5.74, 6) is 0.502. The second-order valence-electron chi connectivity index (χ2n) is 3.81. The molecule has 2 aromatic rings. The lowest BCUT2D eigenvalue weighted by Gasteiger charge is -2.10. The molecule has 0 fully saturated rings. The van der Waals surface area contributed by atoms with Gasteiger partial charge >= 0.3 is 0 Å². The molecule has 0 spiro atoms. The molecule has 4 heteroatoms. The second kappa shape index (κ2) is 5.31. The van der Waals surface area contributed by atoms with E-state index in [4.69, 9.17) is 4.74 Å². The average Bonchev–Trinajstić information content (AvgIpc) is 2.36. The smallest absolute Gasteiger partial charge is 0.153 e. The van der Waals surface area contributed by atoms with E-state index in [0.717, 1.165) is 16.1 Å². The molecule has 2 aromatic carbocycles. The van der Waals surface area contributed by atoms with Crippen LogP contribution in [0.2, 0.25) is 0 Å². The maximum Gasteiger partial charge on any atom is 0.153 e. The number of ether oxygens (including phenoxy) is 1. The highest BCUT2D eigenvalue weighted by Gasteiger charge is 2.08. The van der Waals surface area contributed by atoms with Crippen LogP contribution in [0.15, 0.2) is 40.9 Å². The van der Waals surface area contributed by atoms with Gasteiger partial charge in [-0.15, -0.1) is 0 Å². The lowest BCUT2D eigenvalue weighted by Crippen LogP contribution is -1.93. The zero-order valence-corrected chi connectivity index (χ0v) is 11.2. The highest BCUT2D eigenvalue weighted by Crippen LogP contribution is 2.30. The van der Waals surface area contributed by atoms with Crippen molar-refractivity contribution in [1.29, 1.82) is 0 Å². The summed E-state index contributed by atoms with van der Waals surface area (Å²) in [6.07, 6.45) is 0.575. The Bertz CT molecular complexity index is 596. The van der Waals surface area contributed by atoms with Gasteiger partial charge in [-0.3, -0.25) is 4.79 Å². The Morgan fingerprint density at radius 1 is 1.17 bits per heavy atom. The van der Waals surface area contributed by atoms with Crippen molar-refractivity contribution in [3.63, 3.8) is 0 Å². The number of hydrogen-bond donors (Lipinski definition) is 0. The Hall–Kier alpha value is -1.68. The van der Waals surface area contributed by atoms with Gasteiger partial charge in [0.2, 0.25) is 0 Å². The van der Waals surface area contributed by atoms with Gasteiger partial charge in [-0.2, -0.15) is 0 Å². The van der Waals surface area contributed by atoms with Gasteiger partial charge in [0.15, 0.2) is 6.29 Å². The van der Waals surface area contributed by atoms with Crippen molar-refractivity contribution in [2.24, 2.45) is 0 Å². The molecule has 18 heavy (non-hydrogen) atoms. The van der Waals surface area contributed by atoms with E-state index >= 15 is 0 Å². The molecule has 0 bridgehead atoms. The number of carbonyl (C=O) groups is 1. The first-order valence-corrected chi connectivity index (χ1v) is 6.08. The average molecular weight is 309 g/mol. The molecule has 2 rings (SSSR count). The summed E-state index contributed by atoms with van der Waals surface area (Å²) in [7, 11) is 0. The van der Waals surface area contributed by atoms with Crippen molar-refractivity contribution in [2.45, 2.75) is 6.92 Å². The molecule has 0 N–H and O–H groups in total. The van der Waals surface area contributed by atoms with Gasteiger partial charge in [0.25, 0.3) is 0 Å². The van der Waals surface area contributed by atoms with Crippen molar-refractivity contribution in [1.82, 2.24) is 0 Å². The first-order valence-electron chi connectivity index (χ1n) is 5.29. The van der Waals surface area contributed by atoms with E-state index in [0.29, 0.717) is 17.8 Å². The van der Waals surface area contributed by atoms with Crippen molar-refractivity contribution in [3.05, 3.63) is 57.8 Å². The molecule has 2 nitrogen and oxygen atoms in total. The molecule has 0 aliphatic heterocycles. The van der Waals surface area contributed by atoms with Crippen molar-refractivity contribution < 1.29 is 13.9 Å². The highest BCUT2D eigenvalue weighted by molar-refractivity contribution is 9.10. The molecule has 92 valence electrons. The largest absolute Gasteiger partial charge is 0.456 e. The lowest BCUT2D eigenvalue weighted by molar-refractivity contribution is 0.112. The van der Waals surface area contributed by atoms with E-state index in [1.54, 1.807) is 6.07 Å². The topological polar surface area (TPSA) is 26.3 Å². The van der Waals surface area contributed by atoms with E-state index in [-0.39, 0.29) is 5.56 Å². The number of aldehydes is 1. The standard InChI is InChI=1S/C14H10BrFO2/c1-9-2-3-11(15)7-14(9)18-13-5-4-12(16)6-10(13)8-17/h2-8H,1H3. The van der Waals surface area contributed by atoms with Crippen LogP contribution in [0.3, 0.4) is 0 Å². The minimum absolute atomic E-state index is 0.189. The van der Waals surface area contributed by atoms with Crippen LogP contribution in [0.25, 0.3) is 0 Å². The fourth-order valence-corrected chi connectivity index (χ4v) is 1.85. The molecule has 0 aliphatic carbocycles. The van der Waals surface area contributed by atoms with Crippen LogP contribution in [0.5, 0.6) is 11.5 Å². The molecule has 0 aliphatic rings. The SMILES string of the molecule is Cc1ccc(Br)cc1Oc1ccc(F)cc1C=O. The molecule has 0 aromatic heterocycles. The van der Waals surface area contributed by atoms with Crippen LogP contribution < -0.4 is 4.74 Å². The van der Waals surface area contributed by atoms with Crippen LogP contribution in [-0.4, -0.2) is 6.29 Å². The molecule has 0 unspecified atom stereocenters. The number of halogens is 2. The van der Waals surface area contributed by atoms with Crippen molar-refractivity contribution in [3.8, 4) is 11.5 Å². The van der Waals surface area contributed by atoms with E-state index in [9.17, 15) is 9.18 Å². The molecular formula is C14H10BrFO2. The number of rotatable bonds is 3. The molecule has 0 radical (unpaired) electrons. The summed E-state index contributed by atoms with van der Waals surface area (Å²) < 4.78 is 19.5. The van der Waals surface area contributed by atoms with Crippen LogP contribution in [-0.2, 0) is 0 Å². The summed E-state index contributed by atoms with van der Waals surface area (Å²) in [5, 5.41) is 0. The first-order chi connectivity index (χ1) is 8.60. The predicted octanol–water partition coefficient (Wildman–Crippen LogP) is 4.50. The van der Waals surface area contributed by atoms with E-state index in [2.05, 4.69) is 15.9 Å². The second-order valence-corrected chi connectivity index (χ2v) is 4.73. The van der Waals surface area contributed by atoms with Gasteiger partial charge in [-0.05, 0) is 42.8 Å². The predicted molar refractivity (Wildman–Crippen MR) is 70.7 cm³/mol. The number of aryl methyl sites for hydroxylation is 1. The molecular weight excluding hydrogens is 299 g/mol. The maximum atomic E-state index is 13.0. The Labute approximate surface area is 113 Å². The number of carbonyl (C=O) groups excluding carboxylic acids is 1. The first kappa shape index (κ1) is 12.8. The normalized spacial score (nSPS) is 10.2. The Morgan fingerprint density at radius 3 is 2.67 bits per heavy atom. The maximum absolute atomic E-state index is 13.0. The zero-order chi connectivity index (χ0) is 13.1. The van der Waals surface area contributed by atoms with E-state index in [1.807, 2.05) is 19.1 Å². The Kier molecular flexibility index (Phi) is 3.77. The van der Waals surface area contributed by atoms with Gasteiger partial charge < -0.3 is 4.74 Å². The summed E-state index contributed by atoms with van der Waals surface area (Å²) in [6, 6.07) is 9.44. The zero-order valence-electron chi connectivity index (χ0n) is 9.61. The van der Waals surface area contributed by atoms with Gasteiger partial charge in [0, 0.05) is 4.47 Å². The van der Waals surface area contributed by atoms with E-state index in [1.165, 1.54) is 12.1 Å². The lowest BCUT2D eigenvalue weighted by atomic mass is 10.2. The summed E-state index contributed by atoms with van der Waals surface area (Å²) in [6.45, 7) is 1.89. The quantitative estimate of drug-likeness (QED) is 0.780. The summed E-state index contributed by atoms with van der Waals surface area (Å²) in [4.78, 5) is 10.9. The fourth-order valence-electron chi connectivity index (χ4n) is 1.51. The minimum Gasteiger partial charge on any atom is -0.456 e. The fraction of sp³-hybridized carbons (Fsp3) is 0.0714. The monoisotopic (exact) mass is 308 g/mol. The number of hydrogen-bond acceptors (Lipinski definition) is 2. The number of benzene rings is 2. The molecule has 0 heterocycles. The van der Waals surface area contributed by atoms with Crippen LogP contribution in [0, 0.1) is 12.7 Å². The summed E-state index contributed by atoms with van der Waals surface area (Å²) in [5.41, 5.74) is 1.12. The highest BCUT2D eigenvalue weighted by atomic mass is 79.9. The van der Waals surface area contributed by atoms with Gasteiger partial charge in [0.05, 0.1) is 5.56 Å². The van der Waals surface area contributed by atoms with Crippen molar-refractivity contribution in [2.75, 3.05) is 0 Å². The van der Waals surface area contributed by atoms with E-state index < -0.39 is 5.82 Å². The Morgan fingerprint density at radius 2 is 1.94 bits per heavy atom. The minimum atomic E-state index is -0.463. The van der Waals surface area contributed by atoms with Gasteiger partial charge in [-0.1, -0.05) is 22.0 Å². The van der Waals surface area contributed by atoms with Gasteiger partial charge in [0.1, 0.15) is 17.3 Å². The van der Waals surface area contributed by atoms with Crippen LogP contribution >= 0.6 is 15.9 Å². The Balaban J connectivity index is 2.39. The summed E-state index contributed by atoms with van der Waals surface area (Å²) >= 11 is 3.35. The van der Waals surface area contributed by atoms with Crippen molar-refractivity contribution >= 4 is 22.2 Å². The molecule has 0 amide bonds. The third kappa shape index (κ3) is 2.76.